The number of benzene rings is 2. The number of carbonyl (C=O) groups is 1. The number of fused-ring (bicyclic) bond motifs is 1. The Morgan fingerprint density at radius 3 is 2.67 bits per heavy atom. The third kappa shape index (κ3) is 4.36. The normalized spacial score (nSPS) is 12.5. The van der Waals surface area contributed by atoms with Gasteiger partial charge in [-0.15, -0.1) is 11.8 Å². The Balaban J connectivity index is 1.60. The molecule has 0 radical (unpaired) electrons. The molecule has 1 aromatic heterocycles. The second-order valence-corrected chi connectivity index (χ2v) is 8.50. The molecule has 0 fully saturated rings. The van der Waals surface area contributed by atoms with Crippen LogP contribution in [-0.2, 0) is 11.2 Å². The summed E-state index contributed by atoms with van der Waals surface area (Å²) in [5, 5.41) is 3.18. The van der Waals surface area contributed by atoms with Crippen LogP contribution in [0.3, 0.4) is 0 Å². The number of methoxy groups -OCH3 is 1. The van der Waals surface area contributed by atoms with Crippen LogP contribution in [0.25, 0.3) is 5.69 Å². The Bertz CT molecular complexity index is 1130. The summed E-state index contributed by atoms with van der Waals surface area (Å²) in [7, 11) is 1.58. The molecule has 0 bridgehead atoms. The van der Waals surface area contributed by atoms with Crippen molar-refractivity contribution >= 4 is 35.1 Å². The second kappa shape index (κ2) is 8.93. The number of amides is 1. The molecule has 1 amide bonds. The van der Waals surface area contributed by atoms with E-state index in [1.54, 1.807) is 31.4 Å². The van der Waals surface area contributed by atoms with E-state index in [0.717, 1.165) is 17.9 Å². The number of anilines is 1. The molecule has 3 aromatic rings. The maximum Gasteiger partial charge on any atom is 0.272 e. The van der Waals surface area contributed by atoms with Crippen LogP contribution in [0.5, 0.6) is 5.75 Å². The van der Waals surface area contributed by atoms with E-state index in [0.29, 0.717) is 27.2 Å². The fourth-order valence-electron chi connectivity index (χ4n) is 3.01. The van der Waals surface area contributed by atoms with Crippen molar-refractivity contribution in [3.05, 3.63) is 70.4 Å². The van der Waals surface area contributed by atoms with Crippen molar-refractivity contribution in [2.45, 2.75) is 16.5 Å². The Hall–Kier alpha value is -2.78. The van der Waals surface area contributed by atoms with E-state index in [1.165, 1.54) is 52.4 Å². The number of thioether (sulfide) groups is 2. The predicted octanol–water partition coefficient (Wildman–Crippen LogP) is 3.76. The first kappa shape index (κ1) is 20.5. The van der Waals surface area contributed by atoms with Gasteiger partial charge in [-0.25, -0.2) is 9.37 Å². The lowest BCUT2D eigenvalue weighted by Gasteiger charge is -2.14. The van der Waals surface area contributed by atoms with Gasteiger partial charge in [-0.05, 0) is 48.5 Å². The van der Waals surface area contributed by atoms with Gasteiger partial charge >= 0.3 is 0 Å². The Labute approximate surface area is 180 Å². The van der Waals surface area contributed by atoms with Crippen LogP contribution in [0.1, 0.15) is 5.69 Å². The Morgan fingerprint density at radius 2 is 1.97 bits per heavy atom. The molecule has 0 saturated carbocycles. The molecule has 0 spiro atoms. The summed E-state index contributed by atoms with van der Waals surface area (Å²) in [6, 6.07) is 12.7. The third-order valence-corrected chi connectivity index (χ3v) is 6.50. The highest BCUT2D eigenvalue weighted by atomic mass is 32.2. The monoisotopic (exact) mass is 443 g/mol. The zero-order valence-electron chi connectivity index (χ0n) is 16.1. The van der Waals surface area contributed by atoms with Crippen molar-refractivity contribution in [1.82, 2.24) is 9.55 Å². The van der Waals surface area contributed by atoms with Crippen molar-refractivity contribution in [2.75, 3.05) is 23.9 Å². The number of aromatic nitrogens is 2. The highest BCUT2D eigenvalue weighted by Gasteiger charge is 2.23. The van der Waals surface area contributed by atoms with Gasteiger partial charge < -0.3 is 10.1 Å². The SMILES string of the molecule is COc1ccc(-n2c(SCC(=O)Nc3ccc(F)cc3)nc3c(c2=O)SCC3)cc1. The van der Waals surface area contributed by atoms with Crippen molar-refractivity contribution < 1.29 is 13.9 Å². The van der Waals surface area contributed by atoms with E-state index < -0.39 is 0 Å². The summed E-state index contributed by atoms with van der Waals surface area (Å²) in [4.78, 5) is 30.8. The smallest absolute Gasteiger partial charge is 0.272 e. The average molecular weight is 444 g/mol. The van der Waals surface area contributed by atoms with Crippen LogP contribution in [-0.4, -0.2) is 34.1 Å². The molecule has 1 aliphatic rings. The molecule has 0 saturated heterocycles. The number of hydrogen-bond donors (Lipinski definition) is 1. The van der Waals surface area contributed by atoms with Crippen molar-refractivity contribution in [1.29, 1.82) is 0 Å². The van der Waals surface area contributed by atoms with Crippen LogP contribution in [0, 0.1) is 5.82 Å². The lowest BCUT2D eigenvalue weighted by Crippen LogP contribution is -2.24. The summed E-state index contributed by atoms with van der Waals surface area (Å²) in [5.41, 5.74) is 1.81. The van der Waals surface area contributed by atoms with Crippen LogP contribution < -0.4 is 15.6 Å². The van der Waals surface area contributed by atoms with Gasteiger partial charge in [0.05, 0.1) is 29.1 Å². The van der Waals surface area contributed by atoms with Gasteiger partial charge in [0.25, 0.3) is 5.56 Å². The Morgan fingerprint density at radius 1 is 1.23 bits per heavy atom. The summed E-state index contributed by atoms with van der Waals surface area (Å²) in [5.74, 6) is 0.928. The Kier molecular flexibility index (Phi) is 6.10. The van der Waals surface area contributed by atoms with Gasteiger partial charge in [0, 0.05) is 17.9 Å². The minimum atomic E-state index is -0.369. The van der Waals surface area contributed by atoms with Crippen LogP contribution in [0.4, 0.5) is 10.1 Å². The molecule has 9 heteroatoms. The number of nitrogens with one attached hydrogen (secondary N) is 1. The van der Waals surface area contributed by atoms with Crippen molar-refractivity contribution in [2.24, 2.45) is 0 Å². The van der Waals surface area contributed by atoms with E-state index in [2.05, 4.69) is 10.3 Å². The van der Waals surface area contributed by atoms with Crippen LogP contribution in [0.15, 0.2) is 63.4 Å². The largest absolute Gasteiger partial charge is 0.497 e. The summed E-state index contributed by atoms with van der Waals surface area (Å²) >= 11 is 2.70. The van der Waals surface area contributed by atoms with E-state index in [1.807, 2.05) is 0 Å². The molecule has 6 nitrogen and oxygen atoms in total. The quantitative estimate of drug-likeness (QED) is 0.462. The van der Waals surface area contributed by atoms with Gasteiger partial charge in [0.2, 0.25) is 5.91 Å². The maximum atomic E-state index is 13.1. The number of nitrogens with zero attached hydrogens (tertiary/aromatic N) is 2. The lowest BCUT2D eigenvalue weighted by molar-refractivity contribution is -0.113. The molecule has 0 atom stereocenters. The number of hydrogen-bond acceptors (Lipinski definition) is 6. The molecule has 4 rings (SSSR count). The zero-order chi connectivity index (χ0) is 21.1. The van der Waals surface area contributed by atoms with E-state index in [9.17, 15) is 14.0 Å². The fraction of sp³-hybridized carbons (Fsp3) is 0.190. The first-order chi connectivity index (χ1) is 14.5. The highest BCUT2D eigenvalue weighted by molar-refractivity contribution is 8.00. The van der Waals surface area contributed by atoms with Crippen LogP contribution >= 0.6 is 23.5 Å². The first-order valence-electron chi connectivity index (χ1n) is 9.16. The van der Waals surface area contributed by atoms with Gasteiger partial charge in [-0.2, -0.15) is 0 Å². The number of rotatable bonds is 6. The van der Waals surface area contributed by atoms with Gasteiger partial charge in [-0.1, -0.05) is 11.8 Å². The number of carbonyl (C=O) groups excluding carboxylic acids is 1. The van der Waals surface area contributed by atoms with Crippen molar-refractivity contribution in [3.8, 4) is 11.4 Å². The molecule has 1 N–H and O–H groups in total. The molecule has 154 valence electrons. The molecule has 2 heterocycles. The van der Waals surface area contributed by atoms with Gasteiger partial charge in [-0.3, -0.25) is 14.2 Å². The maximum absolute atomic E-state index is 13.1. The van der Waals surface area contributed by atoms with Gasteiger partial charge in [0.15, 0.2) is 5.16 Å². The summed E-state index contributed by atoms with van der Waals surface area (Å²) in [6.07, 6.45) is 0.730. The molecule has 0 aliphatic carbocycles. The average Bonchev–Trinajstić information content (AvgIpc) is 3.23. The second-order valence-electron chi connectivity index (χ2n) is 6.45. The first-order valence-corrected chi connectivity index (χ1v) is 11.1. The molecule has 2 aromatic carbocycles. The summed E-state index contributed by atoms with van der Waals surface area (Å²) in [6.45, 7) is 0. The summed E-state index contributed by atoms with van der Waals surface area (Å²) < 4.78 is 19.8. The zero-order valence-corrected chi connectivity index (χ0v) is 17.7. The van der Waals surface area contributed by atoms with Crippen molar-refractivity contribution in [3.63, 3.8) is 0 Å². The number of ether oxygens (including phenoxy) is 1. The molecule has 1 aliphatic heterocycles. The molecular formula is C21H18FN3O3S2. The third-order valence-electron chi connectivity index (χ3n) is 4.46. The predicted molar refractivity (Wildman–Crippen MR) is 117 cm³/mol. The topological polar surface area (TPSA) is 73.2 Å². The van der Waals surface area contributed by atoms with E-state index >= 15 is 0 Å². The standard InChI is InChI=1S/C21H18FN3O3S2/c1-28-16-8-6-15(7-9-16)25-20(27)19-17(10-11-29-19)24-21(25)30-12-18(26)23-14-4-2-13(22)3-5-14/h2-9H,10-12H2,1H3,(H,23,26). The molecule has 30 heavy (non-hydrogen) atoms. The fourth-order valence-corrected chi connectivity index (χ4v) is 4.86. The number of aryl methyl sites for hydroxylation is 1. The molecule has 0 unspecified atom stereocenters. The highest BCUT2D eigenvalue weighted by Crippen LogP contribution is 2.30. The lowest BCUT2D eigenvalue weighted by atomic mass is 10.3. The number of halogens is 1. The minimum Gasteiger partial charge on any atom is -0.497 e. The minimum absolute atomic E-state index is 0.0614. The molecular weight excluding hydrogens is 425 g/mol. The van der Waals surface area contributed by atoms with E-state index in [-0.39, 0.29) is 23.0 Å². The van der Waals surface area contributed by atoms with E-state index in [4.69, 9.17) is 4.74 Å². The van der Waals surface area contributed by atoms with Gasteiger partial charge in [0.1, 0.15) is 11.6 Å². The van der Waals surface area contributed by atoms with Crippen LogP contribution in [0.2, 0.25) is 0 Å².